The molecule has 0 bridgehead atoms. The Morgan fingerprint density at radius 3 is 2.35 bits per heavy atom. The van der Waals surface area contributed by atoms with Crippen molar-refractivity contribution in [3.8, 4) is 11.3 Å². The summed E-state index contributed by atoms with van der Waals surface area (Å²) in [4.78, 5) is 3.95. The molecule has 0 radical (unpaired) electrons. The lowest BCUT2D eigenvalue weighted by molar-refractivity contribution is 0.281. The van der Waals surface area contributed by atoms with Gasteiger partial charge < -0.3 is 9.73 Å². The summed E-state index contributed by atoms with van der Waals surface area (Å²) in [5.74, 6) is 2.46. The topological polar surface area (TPSA) is 38.1 Å². The first-order valence-corrected chi connectivity index (χ1v) is 7.46. The predicted molar refractivity (Wildman–Crippen MR) is 81.5 cm³/mol. The lowest BCUT2D eigenvalue weighted by Crippen LogP contribution is -2.30. The van der Waals surface area contributed by atoms with E-state index in [-0.39, 0.29) is 0 Å². The molecule has 1 fully saturated rings. The van der Waals surface area contributed by atoms with Gasteiger partial charge in [-0.25, -0.2) is 4.98 Å². The number of rotatable bonds is 3. The minimum atomic E-state index is 0.602. The Balaban J connectivity index is 1.66. The third-order valence-corrected chi connectivity index (χ3v) is 4.15. The highest BCUT2D eigenvalue weighted by atomic mass is 16.3. The Kier molecular flexibility index (Phi) is 3.77. The van der Waals surface area contributed by atoms with Gasteiger partial charge in [0, 0.05) is 17.3 Å². The summed E-state index contributed by atoms with van der Waals surface area (Å²) in [5, 5.41) is 3.67. The average Bonchev–Trinajstić information content (AvgIpc) is 2.92. The van der Waals surface area contributed by atoms with Crippen LogP contribution in [0.15, 0.2) is 41.3 Å². The Morgan fingerprint density at radius 1 is 1.05 bits per heavy atom. The number of anilines is 1. The van der Waals surface area contributed by atoms with E-state index < -0.39 is 0 Å². The van der Waals surface area contributed by atoms with Crippen LogP contribution in [0, 0.1) is 11.8 Å². The summed E-state index contributed by atoms with van der Waals surface area (Å²) >= 11 is 0. The van der Waals surface area contributed by atoms with Crippen LogP contribution in [-0.4, -0.2) is 11.0 Å². The molecule has 0 amide bonds. The molecular formula is C17H22N2O. The van der Waals surface area contributed by atoms with Gasteiger partial charge in [0.05, 0.1) is 6.20 Å². The zero-order valence-electron chi connectivity index (χ0n) is 12.2. The Bertz CT molecular complexity index is 523. The number of nitrogens with one attached hydrogen (secondary N) is 1. The molecule has 0 aliphatic heterocycles. The number of nitrogens with zero attached hydrogens (tertiary/aromatic N) is 1. The van der Waals surface area contributed by atoms with E-state index in [9.17, 15) is 0 Å². The van der Waals surface area contributed by atoms with Gasteiger partial charge in [-0.3, -0.25) is 0 Å². The number of hydrogen-bond acceptors (Lipinski definition) is 3. The second kappa shape index (κ2) is 5.70. The second-order valence-corrected chi connectivity index (χ2v) is 6.20. The summed E-state index contributed by atoms with van der Waals surface area (Å²) in [7, 11) is 0. The van der Waals surface area contributed by atoms with Crippen LogP contribution in [0.3, 0.4) is 0 Å². The van der Waals surface area contributed by atoms with E-state index in [0.29, 0.717) is 6.04 Å². The number of hydrogen-bond donors (Lipinski definition) is 1. The Labute approximate surface area is 120 Å². The molecule has 20 heavy (non-hydrogen) atoms. The van der Waals surface area contributed by atoms with Crippen molar-refractivity contribution in [3.05, 3.63) is 36.9 Å². The summed E-state index contributed by atoms with van der Waals surface area (Å²) in [6.07, 6.45) is 7.12. The van der Waals surface area contributed by atoms with Gasteiger partial charge >= 0.3 is 0 Å². The van der Waals surface area contributed by atoms with Crippen molar-refractivity contribution in [1.29, 1.82) is 0 Å². The van der Waals surface area contributed by atoms with E-state index in [1.54, 1.807) is 6.20 Å². The maximum absolute atomic E-state index is 5.31. The quantitative estimate of drug-likeness (QED) is 0.887. The number of aromatic nitrogens is 1. The third kappa shape index (κ3) is 3.03. The van der Waals surface area contributed by atoms with Gasteiger partial charge in [-0.1, -0.05) is 13.8 Å². The summed E-state index contributed by atoms with van der Waals surface area (Å²) < 4.78 is 5.31. The lowest BCUT2D eigenvalue weighted by Gasteiger charge is -2.32. The van der Waals surface area contributed by atoms with Crippen LogP contribution >= 0.6 is 0 Å². The molecule has 2 unspecified atom stereocenters. The molecule has 1 aliphatic carbocycles. The molecule has 1 aromatic carbocycles. The fourth-order valence-corrected chi connectivity index (χ4v) is 3.39. The number of oxazole rings is 1. The Hall–Kier alpha value is -1.77. The highest BCUT2D eigenvalue weighted by molar-refractivity contribution is 5.60. The molecule has 2 atom stereocenters. The predicted octanol–water partition coefficient (Wildman–Crippen LogP) is 4.58. The van der Waals surface area contributed by atoms with Crippen LogP contribution in [0.1, 0.15) is 33.1 Å². The Morgan fingerprint density at radius 2 is 1.75 bits per heavy atom. The van der Waals surface area contributed by atoms with Gasteiger partial charge in [0.25, 0.3) is 0 Å². The monoisotopic (exact) mass is 270 g/mol. The van der Waals surface area contributed by atoms with Gasteiger partial charge in [0.2, 0.25) is 0 Å². The van der Waals surface area contributed by atoms with Gasteiger partial charge in [0.15, 0.2) is 12.2 Å². The normalized spacial score (nSPS) is 26.4. The molecule has 1 heterocycles. The average molecular weight is 270 g/mol. The molecular weight excluding hydrogens is 248 g/mol. The van der Waals surface area contributed by atoms with Crippen molar-refractivity contribution in [2.24, 2.45) is 11.8 Å². The lowest BCUT2D eigenvalue weighted by atomic mass is 9.80. The fourth-order valence-electron chi connectivity index (χ4n) is 3.39. The fraction of sp³-hybridized carbons (Fsp3) is 0.471. The highest BCUT2D eigenvalue weighted by Gasteiger charge is 2.23. The van der Waals surface area contributed by atoms with Crippen LogP contribution in [0.4, 0.5) is 5.69 Å². The van der Waals surface area contributed by atoms with E-state index in [1.807, 2.05) is 0 Å². The molecule has 106 valence electrons. The van der Waals surface area contributed by atoms with E-state index in [4.69, 9.17) is 4.42 Å². The maximum atomic E-state index is 5.31. The largest absolute Gasteiger partial charge is 0.444 e. The van der Waals surface area contributed by atoms with Gasteiger partial charge in [-0.15, -0.1) is 0 Å². The van der Waals surface area contributed by atoms with E-state index in [0.717, 1.165) is 23.2 Å². The van der Waals surface area contributed by atoms with Crippen molar-refractivity contribution in [2.45, 2.75) is 39.2 Å². The molecule has 1 saturated carbocycles. The minimum Gasteiger partial charge on any atom is -0.444 e. The first-order chi connectivity index (χ1) is 9.70. The molecule has 3 nitrogen and oxygen atoms in total. The number of benzene rings is 1. The maximum Gasteiger partial charge on any atom is 0.181 e. The SMILES string of the molecule is CC1CC(C)CC(Nc2ccc(-c3cnco3)cc2)C1. The summed E-state index contributed by atoms with van der Waals surface area (Å²) in [6.45, 7) is 4.72. The zero-order chi connectivity index (χ0) is 13.9. The van der Waals surface area contributed by atoms with Gasteiger partial charge in [0.1, 0.15) is 0 Å². The summed E-state index contributed by atoms with van der Waals surface area (Å²) in [5.41, 5.74) is 2.26. The molecule has 1 N–H and O–H groups in total. The van der Waals surface area contributed by atoms with Crippen LogP contribution in [0.5, 0.6) is 0 Å². The van der Waals surface area contributed by atoms with Crippen molar-refractivity contribution < 1.29 is 4.42 Å². The smallest absolute Gasteiger partial charge is 0.181 e. The molecule has 0 spiro atoms. The van der Waals surface area contributed by atoms with Crippen molar-refractivity contribution in [3.63, 3.8) is 0 Å². The highest BCUT2D eigenvalue weighted by Crippen LogP contribution is 2.31. The molecule has 2 aromatic rings. The molecule has 1 aliphatic rings. The van der Waals surface area contributed by atoms with Crippen LogP contribution in [0.25, 0.3) is 11.3 Å². The summed E-state index contributed by atoms with van der Waals surface area (Å²) in [6, 6.07) is 9.02. The second-order valence-electron chi connectivity index (χ2n) is 6.20. The first-order valence-electron chi connectivity index (χ1n) is 7.46. The van der Waals surface area contributed by atoms with Crippen molar-refractivity contribution in [1.82, 2.24) is 4.98 Å². The molecule has 1 aromatic heterocycles. The van der Waals surface area contributed by atoms with E-state index in [1.165, 1.54) is 31.3 Å². The van der Waals surface area contributed by atoms with Crippen molar-refractivity contribution in [2.75, 3.05) is 5.32 Å². The van der Waals surface area contributed by atoms with Crippen LogP contribution in [-0.2, 0) is 0 Å². The third-order valence-electron chi connectivity index (χ3n) is 4.15. The molecule has 3 heteroatoms. The molecule has 3 rings (SSSR count). The minimum absolute atomic E-state index is 0.602. The van der Waals surface area contributed by atoms with E-state index >= 15 is 0 Å². The van der Waals surface area contributed by atoms with Crippen molar-refractivity contribution >= 4 is 5.69 Å². The van der Waals surface area contributed by atoms with Crippen LogP contribution in [0.2, 0.25) is 0 Å². The van der Waals surface area contributed by atoms with E-state index in [2.05, 4.69) is 48.4 Å². The van der Waals surface area contributed by atoms with Gasteiger partial charge in [-0.2, -0.15) is 0 Å². The van der Waals surface area contributed by atoms with Crippen LogP contribution < -0.4 is 5.32 Å². The van der Waals surface area contributed by atoms with Gasteiger partial charge in [-0.05, 0) is 55.4 Å². The molecule has 0 saturated heterocycles. The standard InChI is InChI=1S/C17H22N2O/c1-12-7-13(2)9-16(8-12)19-15-5-3-14(4-6-15)17-10-18-11-20-17/h3-6,10-13,16,19H,7-9H2,1-2H3. The zero-order valence-corrected chi connectivity index (χ0v) is 12.2. The first kappa shape index (κ1) is 13.2.